The van der Waals surface area contributed by atoms with Crippen LogP contribution in [0.1, 0.15) is 19.8 Å². The van der Waals surface area contributed by atoms with E-state index in [1.807, 2.05) is 0 Å². The van der Waals surface area contributed by atoms with Crippen molar-refractivity contribution in [2.45, 2.75) is 49.5 Å². The molecule has 6 heteroatoms. The van der Waals surface area contributed by atoms with E-state index in [0.29, 0.717) is 12.2 Å². The van der Waals surface area contributed by atoms with Gasteiger partial charge in [-0.25, -0.2) is 0 Å². The summed E-state index contributed by atoms with van der Waals surface area (Å²) >= 11 is 0. The summed E-state index contributed by atoms with van der Waals surface area (Å²) in [5.41, 5.74) is -0.617. The molecule has 1 spiro atoms. The molecule has 0 saturated carbocycles. The predicted octanol–water partition coefficient (Wildman–Crippen LogP) is 0.539. The minimum Gasteiger partial charge on any atom is -0.459 e. The molecule has 0 aromatic rings. The Hall–Kier alpha value is -1.44. The van der Waals surface area contributed by atoms with Crippen molar-refractivity contribution in [3.05, 3.63) is 48.8 Å². The van der Waals surface area contributed by atoms with E-state index < -0.39 is 36.3 Å². The molecule has 0 bridgehead atoms. The van der Waals surface area contributed by atoms with E-state index in [2.05, 4.69) is 13.2 Å². The molecule has 0 amide bonds. The van der Waals surface area contributed by atoms with Crippen LogP contribution in [0.5, 0.6) is 0 Å². The van der Waals surface area contributed by atoms with Crippen LogP contribution in [0.3, 0.4) is 0 Å². The van der Waals surface area contributed by atoms with Crippen molar-refractivity contribution in [1.29, 1.82) is 0 Å². The summed E-state index contributed by atoms with van der Waals surface area (Å²) in [5, 5.41) is 40.2. The summed E-state index contributed by atoms with van der Waals surface area (Å²) in [4.78, 5) is 0. The third-order valence-electron chi connectivity index (χ3n) is 4.42. The lowest BCUT2D eigenvalue weighted by molar-refractivity contribution is -0.385. The molecule has 2 rings (SSSR count). The molecule has 5 atom stereocenters. The summed E-state index contributed by atoms with van der Waals surface area (Å²) in [7, 11) is 0. The molecule has 0 aromatic carbocycles. The molecule has 1 saturated heterocycles. The van der Waals surface area contributed by atoms with Gasteiger partial charge in [-0.2, -0.15) is 0 Å². The number of rotatable bonds is 4. The molecule has 2 heterocycles. The first kappa shape index (κ1) is 17.9. The lowest BCUT2D eigenvalue weighted by atomic mass is 9.82. The van der Waals surface area contributed by atoms with Crippen molar-refractivity contribution >= 4 is 0 Å². The maximum atomic E-state index is 10.4. The van der Waals surface area contributed by atoms with Gasteiger partial charge in [-0.05, 0) is 25.0 Å². The number of ether oxygens (including phenoxy) is 2. The van der Waals surface area contributed by atoms with Crippen LogP contribution in [0.2, 0.25) is 0 Å². The second-order valence-corrected chi connectivity index (χ2v) is 6.06. The fourth-order valence-electron chi connectivity index (χ4n) is 2.95. The Morgan fingerprint density at radius 1 is 1.26 bits per heavy atom. The minimum absolute atomic E-state index is 0.250. The van der Waals surface area contributed by atoms with Gasteiger partial charge in [0.05, 0.1) is 6.61 Å². The molecular weight excluding hydrogens is 300 g/mol. The Kier molecular flexibility index (Phi) is 5.13. The highest BCUT2D eigenvalue weighted by Gasteiger charge is 2.60. The van der Waals surface area contributed by atoms with Gasteiger partial charge in [0.25, 0.3) is 0 Å². The van der Waals surface area contributed by atoms with Crippen molar-refractivity contribution in [3.8, 4) is 0 Å². The Morgan fingerprint density at radius 3 is 2.52 bits per heavy atom. The number of aliphatic hydroxyl groups excluding tert-OH is 4. The fraction of sp³-hybridized carbons (Fsp3) is 0.529. The van der Waals surface area contributed by atoms with Crippen LogP contribution in [-0.2, 0) is 9.47 Å². The molecule has 4 N–H and O–H groups in total. The topological polar surface area (TPSA) is 99.4 Å². The second-order valence-electron chi connectivity index (χ2n) is 6.06. The van der Waals surface area contributed by atoms with E-state index in [1.165, 1.54) is 6.92 Å². The van der Waals surface area contributed by atoms with Gasteiger partial charge >= 0.3 is 0 Å². The highest BCUT2D eigenvalue weighted by molar-refractivity contribution is 5.32. The Bertz CT molecular complexity index is 539. The molecule has 5 unspecified atom stereocenters. The molecule has 0 aromatic heterocycles. The number of aliphatic hydroxyl groups is 4. The van der Waals surface area contributed by atoms with E-state index in [0.717, 1.165) is 5.57 Å². The van der Waals surface area contributed by atoms with E-state index in [4.69, 9.17) is 9.47 Å². The standard InChI is InChI=1S/C17H24O6/c1-4-6-7-12-11(5-2)8-9-17(22-12)15(21)13(19)14(20)16(3,10-18)23-17/h4-7,13-15,18-21H,1-2,8-10H2,3H3/b7-6-. The number of hydrogen-bond donors (Lipinski definition) is 4. The molecule has 0 radical (unpaired) electrons. The SMILES string of the molecule is C=C/C=C\C1=C(C=C)CCC2(O1)OC(C)(CO)C(O)C(O)C2O. The van der Waals surface area contributed by atoms with E-state index in [-0.39, 0.29) is 6.42 Å². The van der Waals surface area contributed by atoms with E-state index >= 15 is 0 Å². The smallest absolute Gasteiger partial charge is 0.240 e. The van der Waals surface area contributed by atoms with Crippen LogP contribution in [0, 0.1) is 0 Å². The van der Waals surface area contributed by atoms with Gasteiger partial charge in [-0.3, -0.25) is 0 Å². The van der Waals surface area contributed by atoms with E-state index in [1.54, 1.807) is 24.3 Å². The lowest BCUT2D eigenvalue weighted by Crippen LogP contribution is -2.71. The van der Waals surface area contributed by atoms with Crippen LogP contribution in [-0.4, -0.2) is 56.7 Å². The third kappa shape index (κ3) is 3.00. The fourth-order valence-corrected chi connectivity index (χ4v) is 2.95. The third-order valence-corrected chi connectivity index (χ3v) is 4.42. The molecule has 23 heavy (non-hydrogen) atoms. The van der Waals surface area contributed by atoms with Gasteiger partial charge in [0.2, 0.25) is 5.79 Å². The zero-order valence-electron chi connectivity index (χ0n) is 13.2. The van der Waals surface area contributed by atoms with Crippen molar-refractivity contribution < 1.29 is 29.9 Å². The number of allylic oxidation sites excluding steroid dienone is 5. The maximum absolute atomic E-state index is 10.4. The zero-order chi connectivity index (χ0) is 17.3. The number of hydrogen-bond acceptors (Lipinski definition) is 6. The van der Waals surface area contributed by atoms with Crippen LogP contribution in [0.15, 0.2) is 48.8 Å². The zero-order valence-corrected chi connectivity index (χ0v) is 13.2. The van der Waals surface area contributed by atoms with Crippen molar-refractivity contribution in [1.82, 2.24) is 0 Å². The summed E-state index contributed by atoms with van der Waals surface area (Å²) < 4.78 is 11.7. The molecule has 6 nitrogen and oxygen atoms in total. The molecular formula is C17H24O6. The Balaban J connectivity index is 2.41. The Morgan fingerprint density at radius 2 is 1.96 bits per heavy atom. The first-order valence-corrected chi connectivity index (χ1v) is 7.52. The summed E-state index contributed by atoms with van der Waals surface area (Å²) in [6.07, 6.45) is 2.91. The maximum Gasteiger partial charge on any atom is 0.240 e. The molecule has 2 aliphatic rings. The second kappa shape index (κ2) is 6.59. The predicted molar refractivity (Wildman–Crippen MR) is 84.2 cm³/mol. The monoisotopic (exact) mass is 324 g/mol. The minimum atomic E-state index is -1.55. The van der Waals surface area contributed by atoms with Gasteiger partial charge in [0.1, 0.15) is 29.7 Å². The summed E-state index contributed by atoms with van der Waals surface area (Å²) in [5.74, 6) is -1.11. The highest BCUT2D eigenvalue weighted by Crippen LogP contribution is 2.44. The van der Waals surface area contributed by atoms with Gasteiger partial charge in [0, 0.05) is 6.42 Å². The lowest BCUT2D eigenvalue weighted by Gasteiger charge is -2.53. The average Bonchev–Trinajstić information content (AvgIpc) is 2.56. The van der Waals surface area contributed by atoms with Gasteiger partial charge in [0.15, 0.2) is 0 Å². The normalized spacial score (nSPS) is 41.2. The highest BCUT2D eigenvalue weighted by atomic mass is 16.7. The van der Waals surface area contributed by atoms with Crippen molar-refractivity contribution in [3.63, 3.8) is 0 Å². The van der Waals surface area contributed by atoms with Crippen LogP contribution >= 0.6 is 0 Å². The van der Waals surface area contributed by atoms with Crippen molar-refractivity contribution in [2.24, 2.45) is 0 Å². The Labute approximate surface area is 135 Å². The van der Waals surface area contributed by atoms with E-state index in [9.17, 15) is 20.4 Å². The molecule has 2 aliphatic heterocycles. The summed E-state index contributed by atoms with van der Waals surface area (Å²) in [6.45, 7) is 8.27. The average molecular weight is 324 g/mol. The molecule has 128 valence electrons. The van der Waals surface area contributed by atoms with Gasteiger partial charge < -0.3 is 29.9 Å². The van der Waals surface area contributed by atoms with Crippen LogP contribution in [0.25, 0.3) is 0 Å². The quantitative estimate of drug-likeness (QED) is 0.563. The van der Waals surface area contributed by atoms with Crippen molar-refractivity contribution in [2.75, 3.05) is 6.61 Å². The first-order valence-electron chi connectivity index (χ1n) is 7.52. The molecule has 1 fully saturated rings. The van der Waals surface area contributed by atoms with Gasteiger partial charge in [-0.15, -0.1) is 0 Å². The summed E-state index contributed by atoms with van der Waals surface area (Å²) in [6, 6.07) is 0. The van der Waals surface area contributed by atoms with Crippen LogP contribution in [0.4, 0.5) is 0 Å². The van der Waals surface area contributed by atoms with Gasteiger partial charge in [-0.1, -0.05) is 31.4 Å². The molecule has 0 aliphatic carbocycles. The van der Waals surface area contributed by atoms with Crippen LogP contribution < -0.4 is 0 Å². The largest absolute Gasteiger partial charge is 0.459 e. The first-order chi connectivity index (χ1) is 10.8.